The lowest BCUT2D eigenvalue weighted by atomic mass is 10.0. The van der Waals surface area contributed by atoms with Gasteiger partial charge in [-0.05, 0) is 42.5 Å². The van der Waals surface area contributed by atoms with Gasteiger partial charge < -0.3 is 10.2 Å². The molecule has 2 aromatic carbocycles. The molecule has 1 atom stereocenters. The fourth-order valence-corrected chi connectivity index (χ4v) is 5.35. The first-order valence-corrected chi connectivity index (χ1v) is 12.6. The lowest BCUT2D eigenvalue weighted by Gasteiger charge is -2.32. The van der Waals surface area contributed by atoms with Crippen molar-refractivity contribution < 1.29 is 14.0 Å². The van der Waals surface area contributed by atoms with E-state index in [9.17, 15) is 9.59 Å². The van der Waals surface area contributed by atoms with Gasteiger partial charge in [-0.15, -0.1) is 16.4 Å². The Labute approximate surface area is 206 Å². The Morgan fingerprint density at radius 2 is 1.86 bits per heavy atom. The average molecular weight is 492 g/mol. The fourth-order valence-electron chi connectivity index (χ4n) is 4.64. The summed E-state index contributed by atoms with van der Waals surface area (Å²) in [4.78, 5) is 29.8. The number of nitrogens with one attached hydrogen (secondary N) is 1. The number of halogens is 1. The first-order valence-electron chi connectivity index (χ1n) is 11.7. The Hall–Kier alpha value is -3.59. The van der Waals surface area contributed by atoms with Crippen LogP contribution in [0.15, 0.2) is 66.0 Å². The highest BCUT2D eigenvalue weighted by Gasteiger charge is 2.35. The highest BCUT2D eigenvalue weighted by molar-refractivity contribution is 7.09. The van der Waals surface area contributed by atoms with Gasteiger partial charge in [-0.1, -0.05) is 54.5 Å². The third-order valence-electron chi connectivity index (χ3n) is 6.39. The standard InChI is InChI=1S/C26H26FN5O2S/c27-21-12-4-3-11-20(21)25(26(34)28-18-8-1-2-9-18)31(16-19-10-7-15-35-19)24(33)17-32-23-14-6-5-13-22(23)29-30-32/h3-7,10-15,18,25H,1-2,8-9,16-17H2,(H,28,34)/t25-/m0/s1. The average Bonchev–Trinajstić information content (AvgIpc) is 3.63. The third kappa shape index (κ3) is 5.09. The maximum absolute atomic E-state index is 15.1. The van der Waals surface area contributed by atoms with Gasteiger partial charge in [0.25, 0.3) is 0 Å². The van der Waals surface area contributed by atoms with Gasteiger partial charge in [-0.25, -0.2) is 9.07 Å². The maximum atomic E-state index is 15.1. The van der Waals surface area contributed by atoms with Crippen LogP contribution in [0.4, 0.5) is 4.39 Å². The molecule has 35 heavy (non-hydrogen) atoms. The van der Waals surface area contributed by atoms with Crippen LogP contribution in [0.2, 0.25) is 0 Å². The summed E-state index contributed by atoms with van der Waals surface area (Å²) in [5.74, 6) is -1.23. The quantitative estimate of drug-likeness (QED) is 0.395. The van der Waals surface area contributed by atoms with Crippen molar-refractivity contribution in [1.82, 2.24) is 25.2 Å². The molecule has 0 unspecified atom stereocenters. The first kappa shape index (κ1) is 23.2. The first-order chi connectivity index (χ1) is 17.1. The molecule has 2 heterocycles. The van der Waals surface area contributed by atoms with Crippen LogP contribution in [0.1, 0.15) is 42.2 Å². The molecule has 1 fully saturated rings. The van der Waals surface area contributed by atoms with Gasteiger partial charge in [-0.2, -0.15) is 0 Å². The van der Waals surface area contributed by atoms with Crippen molar-refractivity contribution in [2.45, 2.75) is 50.9 Å². The molecule has 1 aliphatic carbocycles. The van der Waals surface area contributed by atoms with Gasteiger partial charge in [0.05, 0.1) is 12.1 Å². The van der Waals surface area contributed by atoms with E-state index in [1.165, 1.54) is 27.0 Å². The minimum absolute atomic E-state index is 0.0368. The van der Waals surface area contributed by atoms with E-state index < -0.39 is 11.9 Å². The van der Waals surface area contributed by atoms with E-state index >= 15 is 4.39 Å². The second-order valence-corrected chi connectivity index (χ2v) is 9.78. The molecule has 0 bridgehead atoms. The van der Waals surface area contributed by atoms with E-state index in [4.69, 9.17) is 0 Å². The molecule has 1 N–H and O–H groups in total. The predicted octanol–water partition coefficient (Wildman–Crippen LogP) is 4.46. The number of hydrogen-bond acceptors (Lipinski definition) is 5. The molecule has 0 saturated heterocycles. The molecule has 4 aromatic rings. The van der Waals surface area contributed by atoms with E-state index in [0.717, 1.165) is 36.1 Å². The zero-order chi connectivity index (χ0) is 24.2. The smallest absolute Gasteiger partial charge is 0.247 e. The van der Waals surface area contributed by atoms with Gasteiger partial charge in [0.1, 0.15) is 23.9 Å². The second kappa shape index (κ2) is 10.4. The van der Waals surface area contributed by atoms with Crippen molar-refractivity contribution in [3.8, 4) is 0 Å². The van der Waals surface area contributed by atoms with E-state index in [1.54, 1.807) is 18.2 Å². The number of benzene rings is 2. The molecule has 0 spiro atoms. The molecule has 7 nitrogen and oxygen atoms in total. The van der Waals surface area contributed by atoms with Crippen molar-refractivity contribution in [2.24, 2.45) is 0 Å². The van der Waals surface area contributed by atoms with Gasteiger partial charge >= 0.3 is 0 Å². The summed E-state index contributed by atoms with van der Waals surface area (Å²) in [5.41, 5.74) is 1.57. The molecule has 2 amide bonds. The zero-order valence-electron chi connectivity index (χ0n) is 19.1. The summed E-state index contributed by atoms with van der Waals surface area (Å²) in [6.07, 6.45) is 3.87. The Morgan fingerprint density at radius 1 is 1.09 bits per heavy atom. The number of amides is 2. The van der Waals surface area contributed by atoms with Crippen LogP contribution in [0, 0.1) is 5.82 Å². The van der Waals surface area contributed by atoms with E-state index in [-0.39, 0.29) is 36.5 Å². The molecule has 0 aliphatic heterocycles. The van der Waals surface area contributed by atoms with Crippen molar-refractivity contribution in [2.75, 3.05) is 0 Å². The van der Waals surface area contributed by atoms with Crippen molar-refractivity contribution >= 4 is 34.2 Å². The Kier molecular flexibility index (Phi) is 6.85. The van der Waals surface area contributed by atoms with Gasteiger partial charge in [0.15, 0.2) is 0 Å². The number of thiophene rings is 1. The largest absolute Gasteiger partial charge is 0.351 e. The number of rotatable bonds is 8. The molecule has 1 saturated carbocycles. The molecule has 1 aliphatic rings. The molecule has 2 aromatic heterocycles. The predicted molar refractivity (Wildman–Crippen MR) is 132 cm³/mol. The van der Waals surface area contributed by atoms with Crippen molar-refractivity contribution in [3.05, 3.63) is 82.3 Å². The second-order valence-electron chi connectivity index (χ2n) is 8.75. The summed E-state index contributed by atoms with van der Waals surface area (Å²) >= 11 is 1.49. The van der Waals surface area contributed by atoms with Crippen LogP contribution in [0.5, 0.6) is 0 Å². The molecule has 0 radical (unpaired) electrons. The molecular formula is C26H26FN5O2S. The third-order valence-corrected chi connectivity index (χ3v) is 7.25. The molecule has 9 heteroatoms. The Bertz CT molecular complexity index is 1320. The summed E-state index contributed by atoms with van der Waals surface area (Å²) in [6, 6.07) is 16.3. The lowest BCUT2D eigenvalue weighted by molar-refractivity contribution is -0.142. The monoisotopic (exact) mass is 491 g/mol. The van der Waals surface area contributed by atoms with Crippen LogP contribution in [0.3, 0.4) is 0 Å². The SMILES string of the molecule is O=C(NC1CCCC1)[C@H](c1ccccc1F)N(Cc1cccs1)C(=O)Cn1nnc2ccccc21. The summed E-state index contributed by atoms with van der Waals surface area (Å²) < 4.78 is 16.6. The summed E-state index contributed by atoms with van der Waals surface area (Å²) in [5, 5.41) is 13.3. The number of nitrogens with zero attached hydrogens (tertiary/aromatic N) is 4. The van der Waals surface area contributed by atoms with Crippen LogP contribution in [0.25, 0.3) is 11.0 Å². The van der Waals surface area contributed by atoms with Crippen molar-refractivity contribution in [1.29, 1.82) is 0 Å². The lowest BCUT2D eigenvalue weighted by Crippen LogP contribution is -2.47. The van der Waals surface area contributed by atoms with Gasteiger partial charge in [0, 0.05) is 16.5 Å². The number of aromatic nitrogens is 3. The van der Waals surface area contributed by atoms with Gasteiger partial charge in [-0.3, -0.25) is 9.59 Å². The summed E-state index contributed by atoms with van der Waals surface area (Å²) in [7, 11) is 0. The molecular weight excluding hydrogens is 465 g/mol. The summed E-state index contributed by atoms with van der Waals surface area (Å²) in [6.45, 7) is 0.0633. The fraction of sp³-hybridized carbons (Fsp3) is 0.308. The van der Waals surface area contributed by atoms with Crippen LogP contribution in [-0.2, 0) is 22.7 Å². The maximum Gasteiger partial charge on any atom is 0.247 e. The molecule has 5 rings (SSSR count). The van der Waals surface area contributed by atoms with Crippen LogP contribution < -0.4 is 5.32 Å². The minimum Gasteiger partial charge on any atom is -0.351 e. The highest BCUT2D eigenvalue weighted by atomic mass is 32.1. The van der Waals surface area contributed by atoms with E-state index in [1.807, 2.05) is 41.8 Å². The number of hydrogen-bond donors (Lipinski definition) is 1. The highest BCUT2D eigenvalue weighted by Crippen LogP contribution is 2.29. The Morgan fingerprint density at radius 3 is 2.63 bits per heavy atom. The zero-order valence-corrected chi connectivity index (χ0v) is 20.0. The van der Waals surface area contributed by atoms with Crippen molar-refractivity contribution in [3.63, 3.8) is 0 Å². The van der Waals surface area contributed by atoms with Crippen LogP contribution in [-0.4, -0.2) is 37.7 Å². The number of carbonyl (C=O) groups is 2. The minimum atomic E-state index is -1.11. The van der Waals surface area contributed by atoms with E-state index in [0.29, 0.717) is 5.52 Å². The normalized spacial score (nSPS) is 14.8. The number of para-hydroxylation sites is 1. The van der Waals surface area contributed by atoms with Gasteiger partial charge in [0.2, 0.25) is 11.8 Å². The molecule has 180 valence electrons. The Balaban J connectivity index is 1.52. The van der Waals surface area contributed by atoms with E-state index in [2.05, 4.69) is 15.6 Å². The topological polar surface area (TPSA) is 80.1 Å². The number of fused-ring (bicyclic) bond motifs is 1. The van der Waals surface area contributed by atoms with Crippen LogP contribution >= 0.6 is 11.3 Å². The number of carbonyl (C=O) groups excluding carboxylic acids is 2.